The Kier molecular flexibility index (Phi) is 24.3. The minimum Gasteiger partial charge on any atom is -0.481 e. The zero-order valence-corrected chi connectivity index (χ0v) is 25.9. The number of carbonyl (C=O) groups excluding carboxylic acids is 3. The van der Waals surface area contributed by atoms with Crippen LogP contribution in [0.3, 0.4) is 0 Å². The molecule has 0 aliphatic carbocycles. The van der Waals surface area contributed by atoms with E-state index >= 15 is 0 Å². The van der Waals surface area contributed by atoms with E-state index in [9.17, 15) is 41.9 Å². The standard InChI is InChI=1S/C9H15O6P.C8H14O3.C6H12O2.C2HF3O2/c10-7(11)1-4-16(5-2-8(12)13)6-3-9(14)15;1-6(9)5-7(10)11-8(2,3)4;1-5(7)8-6(2,3)4;3-2(4,5)1(6)7/h1-6H2,(H,10,11)(H,12,13)(H,14,15);5H2,1-4H3;1-4H3;(H,6,7). The molecule has 0 unspecified atom stereocenters. The van der Waals surface area contributed by atoms with Crippen LogP contribution < -0.4 is 0 Å². The molecule has 13 nitrogen and oxygen atoms in total. The van der Waals surface area contributed by atoms with Gasteiger partial charge in [0.15, 0.2) is 0 Å². The summed E-state index contributed by atoms with van der Waals surface area (Å²) in [4.78, 5) is 71.5. The summed E-state index contributed by atoms with van der Waals surface area (Å²) >= 11 is 0. The van der Waals surface area contributed by atoms with Crippen molar-refractivity contribution in [2.24, 2.45) is 0 Å². The first-order valence-corrected chi connectivity index (χ1v) is 14.1. The van der Waals surface area contributed by atoms with Gasteiger partial charge in [0.25, 0.3) is 0 Å². The number of Topliss-reactive ketones (excluding diaryl/α,β-unsaturated/α-hetero) is 1. The SMILES string of the molecule is CC(=O)CC(=O)OC(C)(C)C.CC(=O)OC(C)(C)C.O=C(O)C(F)(F)F.O=C(O)CCP(CCC(=O)O)CCC(=O)O. The van der Waals surface area contributed by atoms with Gasteiger partial charge in [-0.1, -0.05) is 0 Å². The molecular formula is C25H42F3O13P. The number of halogens is 3. The topological polar surface area (TPSA) is 219 Å². The fourth-order valence-electron chi connectivity index (χ4n) is 2.11. The Labute approximate surface area is 243 Å². The lowest BCUT2D eigenvalue weighted by molar-refractivity contribution is -0.192. The van der Waals surface area contributed by atoms with Crippen molar-refractivity contribution in [3.63, 3.8) is 0 Å². The summed E-state index contributed by atoms with van der Waals surface area (Å²) in [5, 5.41) is 32.6. The predicted octanol–water partition coefficient (Wildman–Crippen LogP) is 4.18. The lowest BCUT2D eigenvalue weighted by Gasteiger charge is -2.18. The molecule has 0 saturated heterocycles. The minimum atomic E-state index is -5.08. The molecule has 0 bridgehead atoms. The van der Waals surface area contributed by atoms with Crippen LogP contribution in [0.25, 0.3) is 0 Å². The first-order chi connectivity index (χ1) is 18.6. The highest BCUT2D eigenvalue weighted by molar-refractivity contribution is 7.57. The van der Waals surface area contributed by atoms with Crippen LogP contribution in [0.4, 0.5) is 13.2 Å². The number of ether oxygens (including phenoxy) is 2. The highest BCUT2D eigenvalue weighted by Gasteiger charge is 2.38. The van der Waals surface area contributed by atoms with Gasteiger partial charge in [0, 0.05) is 26.2 Å². The van der Waals surface area contributed by atoms with E-state index in [0.717, 1.165) is 0 Å². The van der Waals surface area contributed by atoms with Crippen molar-refractivity contribution in [2.75, 3.05) is 18.5 Å². The molecule has 0 atom stereocenters. The summed E-state index contributed by atoms with van der Waals surface area (Å²) in [6.45, 7) is 13.6. The number of hydrogen-bond acceptors (Lipinski definition) is 9. The number of carboxylic acid groups (broad SMARTS) is 4. The molecule has 0 rings (SSSR count). The summed E-state index contributed by atoms with van der Waals surface area (Å²) in [5.74, 6) is -6.40. The van der Waals surface area contributed by atoms with E-state index in [4.69, 9.17) is 34.7 Å². The molecule has 0 spiro atoms. The van der Waals surface area contributed by atoms with E-state index in [1.165, 1.54) is 13.8 Å². The van der Waals surface area contributed by atoms with E-state index < -0.39 is 49.5 Å². The second-order valence-corrected chi connectivity index (χ2v) is 12.9. The van der Waals surface area contributed by atoms with Crippen molar-refractivity contribution in [3.8, 4) is 0 Å². The maximum atomic E-state index is 10.8. The van der Waals surface area contributed by atoms with E-state index in [2.05, 4.69) is 0 Å². The number of carboxylic acids is 4. The average molecular weight is 639 g/mol. The van der Waals surface area contributed by atoms with Gasteiger partial charge in [0.2, 0.25) is 0 Å². The van der Waals surface area contributed by atoms with Crippen LogP contribution in [0.5, 0.6) is 0 Å². The molecular weight excluding hydrogens is 596 g/mol. The maximum absolute atomic E-state index is 10.8. The Hall–Kier alpha value is -3.29. The molecule has 0 aliphatic heterocycles. The van der Waals surface area contributed by atoms with Crippen LogP contribution in [0.1, 0.15) is 81.1 Å². The molecule has 0 aliphatic rings. The van der Waals surface area contributed by atoms with Crippen LogP contribution in [0.15, 0.2) is 0 Å². The molecule has 0 heterocycles. The Morgan fingerprint density at radius 2 is 0.905 bits per heavy atom. The number of esters is 2. The lowest BCUT2D eigenvalue weighted by atomic mass is 10.2. The summed E-state index contributed by atoms with van der Waals surface area (Å²) in [6.07, 6.45) is -4.10. The van der Waals surface area contributed by atoms with Gasteiger partial charge in [-0.25, -0.2) is 4.79 Å². The van der Waals surface area contributed by atoms with Crippen LogP contribution in [0, 0.1) is 0 Å². The van der Waals surface area contributed by atoms with Gasteiger partial charge in [-0.2, -0.15) is 13.2 Å². The number of rotatable bonds is 11. The molecule has 0 saturated carbocycles. The predicted molar refractivity (Wildman–Crippen MR) is 145 cm³/mol. The normalized spacial score (nSPS) is 10.8. The second kappa shape index (κ2) is 22.3. The van der Waals surface area contributed by atoms with Crippen molar-refractivity contribution in [3.05, 3.63) is 0 Å². The van der Waals surface area contributed by atoms with Crippen LogP contribution in [-0.2, 0) is 43.0 Å². The smallest absolute Gasteiger partial charge is 0.481 e. The molecule has 0 aromatic heterocycles. The van der Waals surface area contributed by atoms with Crippen LogP contribution in [-0.4, -0.2) is 97.9 Å². The van der Waals surface area contributed by atoms with Crippen molar-refractivity contribution >= 4 is 49.5 Å². The second-order valence-electron chi connectivity index (χ2n) is 10.2. The minimum absolute atomic E-state index is 0.0229. The first kappa shape index (κ1) is 45.7. The number of hydrogen-bond donors (Lipinski definition) is 4. The number of aliphatic carboxylic acids is 4. The molecule has 246 valence electrons. The van der Waals surface area contributed by atoms with Gasteiger partial charge in [-0.15, -0.1) is 7.92 Å². The largest absolute Gasteiger partial charge is 0.490 e. The van der Waals surface area contributed by atoms with Crippen molar-refractivity contribution in [1.82, 2.24) is 0 Å². The summed E-state index contributed by atoms with van der Waals surface area (Å²) < 4.78 is 41.4. The highest BCUT2D eigenvalue weighted by Crippen LogP contribution is 2.37. The number of ketones is 1. The van der Waals surface area contributed by atoms with Gasteiger partial charge in [-0.3, -0.25) is 28.8 Å². The Bertz CT molecular complexity index is 847. The summed E-state index contributed by atoms with van der Waals surface area (Å²) in [7, 11) is -0.801. The van der Waals surface area contributed by atoms with E-state index in [-0.39, 0.29) is 43.0 Å². The Balaban J connectivity index is -0.000000243. The zero-order valence-electron chi connectivity index (χ0n) is 25.0. The number of carbonyl (C=O) groups is 7. The third-order valence-electron chi connectivity index (χ3n) is 3.43. The monoisotopic (exact) mass is 638 g/mol. The molecule has 0 aromatic carbocycles. The van der Waals surface area contributed by atoms with E-state index in [1.807, 2.05) is 20.8 Å². The van der Waals surface area contributed by atoms with Gasteiger partial charge in [0.1, 0.15) is 23.4 Å². The zero-order chi connectivity index (χ0) is 34.5. The third kappa shape index (κ3) is 46.6. The summed E-state index contributed by atoms with van der Waals surface area (Å²) in [5.41, 5.74) is -0.821. The molecule has 0 amide bonds. The molecule has 0 fully saturated rings. The Morgan fingerprint density at radius 1 is 0.619 bits per heavy atom. The van der Waals surface area contributed by atoms with Crippen molar-refractivity contribution < 1.29 is 76.6 Å². The van der Waals surface area contributed by atoms with Gasteiger partial charge in [0.05, 0.1) is 0 Å². The number of alkyl halides is 3. The molecule has 0 aromatic rings. The van der Waals surface area contributed by atoms with E-state index in [1.54, 1.807) is 20.8 Å². The van der Waals surface area contributed by atoms with Crippen molar-refractivity contribution in [1.29, 1.82) is 0 Å². The van der Waals surface area contributed by atoms with E-state index in [0.29, 0.717) is 18.5 Å². The van der Waals surface area contributed by atoms with Gasteiger partial charge >= 0.3 is 42.0 Å². The van der Waals surface area contributed by atoms with Crippen LogP contribution in [0.2, 0.25) is 0 Å². The molecule has 0 radical (unpaired) electrons. The lowest BCUT2D eigenvalue weighted by Crippen LogP contribution is -2.24. The molecule has 17 heteroatoms. The van der Waals surface area contributed by atoms with Gasteiger partial charge in [-0.05, 0) is 67.0 Å². The van der Waals surface area contributed by atoms with Crippen molar-refractivity contribution in [2.45, 2.75) is 98.5 Å². The summed E-state index contributed by atoms with van der Waals surface area (Å²) in [6, 6.07) is 0. The van der Waals surface area contributed by atoms with Crippen LogP contribution >= 0.6 is 7.92 Å². The van der Waals surface area contributed by atoms with Gasteiger partial charge < -0.3 is 29.9 Å². The molecule has 4 N–H and O–H groups in total. The quantitative estimate of drug-likeness (QED) is 0.142. The fraction of sp³-hybridized carbons (Fsp3) is 0.720. The average Bonchev–Trinajstić information content (AvgIpc) is 2.69. The fourth-order valence-corrected chi connectivity index (χ4v) is 4.30. The molecule has 42 heavy (non-hydrogen) atoms. The Morgan fingerprint density at radius 3 is 1.05 bits per heavy atom. The first-order valence-electron chi connectivity index (χ1n) is 12.2. The third-order valence-corrected chi connectivity index (χ3v) is 6.00. The maximum Gasteiger partial charge on any atom is 0.490 e. The highest BCUT2D eigenvalue weighted by atomic mass is 31.1.